The van der Waals surface area contributed by atoms with Crippen LogP contribution in [0.15, 0.2) is 0 Å². The Morgan fingerprint density at radius 3 is 2.73 bits per heavy atom. The van der Waals surface area contributed by atoms with Gasteiger partial charge in [-0.05, 0) is 0 Å². The fraction of sp³-hybridized carbons (Fsp3) is 0.800. The summed E-state index contributed by atoms with van der Waals surface area (Å²) in [6, 6.07) is -0.754. The molecule has 2 aliphatic heterocycles. The van der Waals surface area contributed by atoms with E-state index in [-0.39, 0.29) is 13.0 Å². The summed E-state index contributed by atoms with van der Waals surface area (Å²) >= 11 is 0. The van der Waals surface area contributed by atoms with Crippen LogP contribution in [0.5, 0.6) is 0 Å². The van der Waals surface area contributed by atoms with Gasteiger partial charge in [0.05, 0.1) is 19.3 Å². The van der Waals surface area contributed by atoms with E-state index in [4.69, 9.17) is 9.63 Å². The molecule has 2 rings (SSSR count). The summed E-state index contributed by atoms with van der Waals surface area (Å²) in [4.78, 5) is 43.1. The van der Waals surface area contributed by atoms with E-state index in [1.54, 1.807) is 0 Å². The number of amides is 3. The lowest BCUT2D eigenvalue weighted by Crippen LogP contribution is -2.56. The highest BCUT2D eigenvalue weighted by atomic mass is 31.2. The molecule has 0 aromatic carbocycles. The number of nitrogens with zero attached hydrogens (tertiary/aromatic N) is 1. The number of urea groups is 1. The van der Waals surface area contributed by atoms with E-state index in [1.807, 2.05) is 0 Å². The molecule has 22 heavy (non-hydrogen) atoms. The molecular formula is C10H16N2O9P-. The van der Waals surface area contributed by atoms with Gasteiger partial charge in [0.15, 0.2) is 6.23 Å². The number of ether oxygens (including phenoxy) is 1. The van der Waals surface area contributed by atoms with Crippen molar-refractivity contribution in [2.75, 3.05) is 19.8 Å². The Labute approximate surface area is 125 Å². The van der Waals surface area contributed by atoms with Crippen LogP contribution in [0, 0.1) is 5.92 Å². The van der Waals surface area contributed by atoms with E-state index in [0.29, 0.717) is 0 Å². The number of phosphoric acid groups is 1. The molecule has 0 spiro atoms. The van der Waals surface area contributed by atoms with E-state index >= 15 is 0 Å². The van der Waals surface area contributed by atoms with Crippen molar-refractivity contribution in [2.45, 2.75) is 24.9 Å². The highest BCUT2D eigenvalue weighted by Crippen LogP contribution is 2.35. The molecule has 0 aliphatic carbocycles. The van der Waals surface area contributed by atoms with Crippen LogP contribution in [0.3, 0.4) is 0 Å². The van der Waals surface area contributed by atoms with Crippen molar-refractivity contribution in [3.05, 3.63) is 0 Å². The van der Waals surface area contributed by atoms with Gasteiger partial charge in [-0.1, -0.05) is 0 Å². The maximum Gasteiger partial charge on any atom is 0.326 e. The molecule has 4 N–H and O–H groups in total. The zero-order chi connectivity index (χ0) is 16.5. The van der Waals surface area contributed by atoms with E-state index in [1.165, 1.54) is 0 Å². The quantitative estimate of drug-likeness (QED) is 0.384. The number of imide groups is 1. The minimum atomic E-state index is -4.98. The summed E-state index contributed by atoms with van der Waals surface area (Å²) in [6.45, 7) is -1.16. The van der Waals surface area contributed by atoms with Crippen LogP contribution in [0.1, 0.15) is 6.42 Å². The number of nitrogens with one attached hydrogen (secondary N) is 1. The second-order valence-electron chi connectivity index (χ2n) is 4.96. The monoisotopic (exact) mass is 339 g/mol. The van der Waals surface area contributed by atoms with Crippen LogP contribution >= 0.6 is 7.82 Å². The summed E-state index contributed by atoms with van der Waals surface area (Å²) in [7, 11) is -4.98. The Kier molecular flexibility index (Phi) is 5.17. The zero-order valence-electron chi connectivity index (χ0n) is 11.3. The zero-order valence-corrected chi connectivity index (χ0v) is 12.2. The van der Waals surface area contributed by atoms with Gasteiger partial charge in [0, 0.05) is 18.9 Å². The Hall–Kier alpha value is -1.07. The smallest absolute Gasteiger partial charge is 0.326 e. The molecular weight excluding hydrogens is 323 g/mol. The summed E-state index contributed by atoms with van der Waals surface area (Å²) in [6.07, 6.45) is -3.49. The second-order valence-corrected chi connectivity index (χ2v) is 6.16. The Morgan fingerprint density at radius 2 is 2.18 bits per heavy atom. The summed E-state index contributed by atoms with van der Waals surface area (Å²) in [5, 5.41) is 21.5. The van der Waals surface area contributed by atoms with Crippen LogP contribution in [-0.4, -0.2) is 70.1 Å². The van der Waals surface area contributed by atoms with Crippen molar-refractivity contribution < 1.29 is 43.4 Å². The maximum absolute atomic E-state index is 11.7. The van der Waals surface area contributed by atoms with Gasteiger partial charge in [-0.25, -0.2) is 4.79 Å². The Morgan fingerprint density at radius 1 is 1.50 bits per heavy atom. The molecule has 0 aromatic rings. The van der Waals surface area contributed by atoms with Crippen molar-refractivity contribution >= 4 is 19.8 Å². The van der Waals surface area contributed by atoms with Crippen LogP contribution < -0.4 is 10.2 Å². The molecule has 0 radical (unpaired) electrons. The molecule has 2 saturated heterocycles. The van der Waals surface area contributed by atoms with E-state index in [0.717, 1.165) is 4.90 Å². The normalized spacial score (nSPS) is 35.4. The lowest BCUT2D eigenvalue weighted by Gasteiger charge is -2.33. The number of aliphatic hydroxyl groups excluding tert-OH is 2. The third-order valence-corrected chi connectivity index (χ3v) is 4.00. The molecule has 3 amide bonds. The van der Waals surface area contributed by atoms with Gasteiger partial charge in [0.1, 0.15) is 6.10 Å². The first-order chi connectivity index (χ1) is 10.2. The predicted molar refractivity (Wildman–Crippen MR) is 65.9 cm³/mol. The van der Waals surface area contributed by atoms with Crippen LogP contribution in [0.25, 0.3) is 0 Å². The van der Waals surface area contributed by atoms with Crippen molar-refractivity contribution in [3.63, 3.8) is 0 Å². The summed E-state index contributed by atoms with van der Waals surface area (Å²) in [5.74, 6) is -1.37. The van der Waals surface area contributed by atoms with Crippen molar-refractivity contribution in [1.29, 1.82) is 0 Å². The number of phosphoric ester groups is 1. The lowest BCUT2D eigenvalue weighted by molar-refractivity contribution is -0.223. The SMILES string of the molecule is O=C1CCN([C@@H]2O[C@H](COP(=O)([O-])O)[C@@H](CO)[C@H]2O)C(=O)N1. The third kappa shape index (κ3) is 3.82. The third-order valence-electron chi connectivity index (χ3n) is 3.53. The number of rotatable bonds is 5. The van der Waals surface area contributed by atoms with Crippen molar-refractivity contribution in [3.8, 4) is 0 Å². The molecule has 0 aromatic heterocycles. The maximum atomic E-state index is 11.7. The molecule has 2 aliphatic rings. The lowest BCUT2D eigenvalue weighted by atomic mass is 9.99. The standard InChI is InChI=1S/C10H17N2O9P/c13-3-5-6(4-20-22(17,18)19)21-9(8(5)15)12-2-1-7(14)11-10(12)16/h5-6,8-9,13,15H,1-4H2,(H,11,14,16)(H2,17,18,19)/p-1/t5-,6-,8-,9-/m1/s1. The van der Waals surface area contributed by atoms with Gasteiger partial charge in [0.25, 0.3) is 7.82 Å². The number of carbonyl (C=O) groups is 2. The topological polar surface area (TPSA) is 169 Å². The Bertz CT molecular complexity index is 495. The van der Waals surface area contributed by atoms with Crippen LogP contribution in [0.4, 0.5) is 4.79 Å². The van der Waals surface area contributed by atoms with Gasteiger partial charge >= 0.3 is 6.03 Å². The molecule has 11 nitrogen and oxygen atoms in total. The van der Waals surface area contributed by atoms with Crippen molar-refractivity contribution in [2.24, 2.45) is 5.92 Å². The predicted octanol–water partition coefficient (Wildman–Crippen LogP) is -2.90. The first-order valence-electron chi connectivity index (χ1n) is 6.46. The van der Waals surface area contributed by atoms with Crippen LogP contribution in [-0.2, 0) is 18.6 Å². The molecule has 2 fully saturated rings. The highest BCUT2D eigenvalue weighted by molar-refractivity contribution is 7.44. The Balaban J connectivity index is 2.06. The first-order valence-corrected chi connectivity index (χ1v) is 7.95. The van der Waals surface area contributed by atoms with E-state index in [2.05, 4.69) is 9.84 Å². The van der Waals surface area contributed by atoms with E-state index < -0.39 is 57.3 Å². The van der Waals surface area contributed by atoms with Crippen molar-refractivity contribution in [1.82, 2.24) is 10.2 Å². The highest BCUT2D eigenvalue weighted by Gasteiger charge is 2.48. The summed E-state index contributed by atoms with van der Waals surface area (Å²) < 4.78 is 20.2. The van der Waals surface area contributed by atoms with E-state index in [9.17, 15) is 29.3 Å². The number of aliphatic hydroxyl groups is 2. The molecule has 12 heteroatoms. The second kappa shape index (κ2) is 6.59. The fourth-order valence-corrected chi connectivity index (χ4v) is 2.76. The molecule has 0 saturated carbocycles. The number of carbonyl (C=O) groups excluding carboxylic acids is 2. The molecule has 0 bridgehead atoms. The van der Waals surface area contributed by atoms with Gasteiger partial charge in [-0.15, -0.1) is 0 Å². The molecule has 2 heterocycles. The van der Waals surface area contributed by atoms with Gasteiger partial charge in [-0.3, -0.25) is 19.6 Å². The average molecular weight is 339 g/mol. The molecule has 126 valence electrons. The minimum Gasteiger partial charge on any atom is -0.756 e. The molecule has 5 atom stereocenters. The first kappa shape index (κ1) is 17.3. The van der Waals surface area contributed by atoms with Gasteiger partial charge < -0.3 is 29.3 Å². The number of hydrogen-bond acceptors (Lipinski definition) is 8. The average Bonchev–Trinajstić information content (AvgIpc) is 2.72. The van der Waals surface area contributed by atoms with Gasteiger partial charge in [-0.2, -0.15) is 0 Å². The van der Waals surface area contributed by atoms with Gasteiger partial charge in [0.2, 0.25) is 5.91 Å². The van der Waals surface area contributed by atoms with Crippen LogP contribution in [0.2, 0.25) is 0 Å². The molecule has 1 unspecified atom stereocenters. The largest absolute Gasteiger partial charge is 0.756 e. The minimum absolute atomic E-state index is 0.0121. The summed E-state index contributed by atoms with van der Waals surface area (Å²) in [5.41, 5.74) is 0. The number of hydrogen-bond donors (Lipinski definition) is 4. The fourth-order valence-electron chi connectivity index (χ4n) is 2.43.